The fourth-order valence-corrected chi connectivity index (χ4v) is 1.91. The van der Waals surface area contributed by atoms with E-state index >= 15 is 0 Å². The first-order valence-corrected chi connectivity index (χ1v) is 6.39. The van der Waals surface area contributed by atoms with Crippen LogP contribution in [0.1, 0.15) is 19.8 Å². The zero-order valence-electron chi connectivity index (χ0n) is 11.5. The second kappa shape index (κ2) is 6.78. The van der Waals surface area contributed by atoms with Gasteiger partial charge in [-0.2, -0.15) is 0 Å². The largest absolute Gasteiger partial charge is 0.333 e. The van der Waals surface area contributed by atoms with Crippen LogP contribution in [0.25, 0.3) is 0 Å². The van der Waals surface area contributed by atoms with Crippen LogP contribution in [0.15, 0.2) is 37.7 Å². The first kappa shape index (κ1) is 15.0. The molecule has 0 aromatic heterocycles. The van der Waals surface area contributed by atoms with Crippen LogP contribution in [0.4, 0.5) is 9.59 Å². The van der Waals surface area contributed by atoms with E-state index in [2.05, 4.69) is 19.7 Å². The first-order valence-electron chi connectivity index (χ1n) is 6.39. The molecule has 0 radical (unpaired) electrons. The lowest BCUT2D eigenvalue weighted by Crippen LogP contribution is -2.59. The average Bonchev–Trinajstić information content (AvgIpc) is 2.39. The van der Waals surface area contributed by atoms with E-state index in [9.17, 15) is 9.59 Å². The number of nitrogens with zero attached hydrogens (tertiary/aromatic N) is 3. The number of carbonyl (C=O) groups is 2. The number of amides is 4. The summed E-state index contributed by atoms with van der Waals surface area (Å²) in [5, 5.41) is 0. The summed E-state index contributed by atoms with van der Waals surface area (Å²) < 4.78 is 0. The van der Waals surface area contributed by atoms with Crippen LogP contribution >= 0.6 is 0 Å². The molecule has 0 spiro atoms. The van der Waals surface area contributed by atoms with Crippen LogP contribution in [0.2, 0.25) is 0 Å². The van der Waals surface area contributed by atoms with Gasteiger partial charge in [-0.25, -0.2) is 14.5 Å². The van der Waals surface area contributed by atoms with Gasteiger partial charge >= 0.3 is 12.1 Å². The van der Waals surface area contributed by atoms with Gasteiger partial charge in [0.25, 0.3) is 0 Å². The number of imide groups is 1. The Hall–Kier alpha value is -2.04. The molecule has 1 fully saturated rings. The number of rotatable bonds is 7. The molecule has 0 bridgehead atoms. The molecular formula is C14H21N3O2. The molecule has 104 valence electrons. The molecule has 0 aromatic rings. The van der Waals surface area contributed by atoms with Crippen LogP contribution in [0.5, 0.6) is 0 Å². The van der Waals surface area contributed by atoms with Crippen LogP contribution < -0.4 is 0 Å². The third-order valence-corrected chi connectivity index (χ3v) is 2.98. The third kappa shape index (κ3) is 3.05. The Morgan fingerprint density at radius 3 is 1.89 bits per heavy atom. The molecule has 4 amide bonds. The molecule has 5 heteroatoms. The van der Waals surface area contributed by atoms with Crippen molar-refractivity contribution in [2.24, 2.45) is 0 Å². The Balaban J connectivity index is 2.95. The fraction of sp³-hybridized carbons (Fsp3) is 0.429. The quantitative estimate of drug-likeness (QED) is 0.663. The number of hydrogen-bond donors (Lipinski definition) is 0. The molecular weight excluding hydrogens is 242 g/mol. The summed E-state index contributed by atoms with van der Waals surface area (Å²) in [6.07, 6.45) is 4.66. The number of carbonyl (C=O) groups excluding carboxylic acids is 2. The molecule has 19 heavy (non-hydrogen) atoms. The van der Waals surface area contributed by atoms with Gasteiger partial charge < -0.3 is 0 Å². The summed E-state index contributed by atoms with van der Waals surface area (Å²) >= 11 is 0. The van der Waals surface area contributed by atoms with Crippen molar-refractivity contribution in [3.63, 3.8) is 0 Å². The van der Waals surface area contributed by atoms with Gasteiger partial charge in [0.15, 0.2) is 0 Å². The maximum Gasteiger partial charge on any atom is 0.333 e. The first-order chi connectivity index (χ1) is 9.08. The minimum atomic E-state index is -0.316. The second-order valence-electron chi connectivity index (χ2n) is 4.18. The second-order valence-corrected chi connectivity index (χ2v) is 4.18. The Morgan fingerprint density at radius 2 is 1.42 bits per heavy atom. The van der Waals surface area contributed by atoms with Gasteiger partial charge in [0.1, 0.15) is 5.82 Å². The normalized spacial score (nSPS) is 16.1. The minimum Gasteiger partial charge on any atom is -0.280 e. The molecule has 1 rings (SSSR count). The maximum absolute atomic E-state index is 12.3. The number of urea groups is 2. The van der Waals surface area contributed by atoms with Gasteiger partial charge in [-0.15, -0.1) is 13.2 Å². The highest BCUT2D eigenvalue weighted by Gasteiger charge is 2.38. The van der Waals surface area contributed by atoms with E-state index < -0.39 is 0 Å². The van der Waals surface area contributed by atoms with Crippen molar-refractivity contribution in [2.45, 2.75) is 19.8 Å². The zero-order chi connectivity index (χ0) is 14.4. The van der Waals surface area contributed by atoms with Crippen LogP contribution in [0, 0.1) is 0 Å². The predicted octanol–water partition coefficient (Wildman–Crippen LogP) is 2.79. The Labute approximate surface area is 114 Å². The smallest absolute Gasteiger partial charge is 0.280 e. The molecule has 0 aliphatic carbocycles. The van der Waals surface area contributed by atoms with Crippen LogP contribution in [-0.4, -0.2) is 46.4 Å². The fourth-order valence-electron chi connectivity index (χ4n) is 1.91. The van der Waals surface area contributed by atoms with Gasteiger partial charge in [-0.05, 0) is 19.8 Å². The minimum absolute atomic E-state index is 0.311. The summed E-state index contributed by atoms with van der Waals surface area (Å²) in [6.45, 7) is 14.3. The van der Waals surface area contributed by atoms with Crippen molar-refractivity contribution < 1.29 is 9.59 Å². The molecule has 0 aromatic carbocycles. The van der Waals surface area contributed by atoms with Gasteiger partial charge in [0.05, 0.1) is 0 Å². The predicted molar refractivity (Wildman–Crippen MR) is 75.4 cm³/mol. The van der Waals surface area contributed by atoms with Gasteiger partial charge in [0, 0.05) is 19.6 Å². The topological polar surface area (TPSA) is 43.9 Å². The molecule has 1 aliphatic heterocycles. The van der Waals surface area contributed by atoms with Gasteiger partial charge in [-0.3, -0.25) is 9.80 Å². The van der Waals surface area contributed by atoms with Crippen molar-refractivity contribution in [1.82, 2.24) is 14.7 Å². The highest BCUT2D eigenvalue weighted by Crippen LogP contribution is 2.21. The molecule has 0 N–H and O–H groups in total. The molecule has 1 saturated heterocycles. The summed E-state index contributed by atoms with van der Waals surface area (Å²) in [4.78, 5) is 28.8. The maximum atomic E-state index is 12.3. The van der Waals surface area contributed by atoms with Gasteiger partial charge in [-0.1, -0.05) is 18.7 Å². The summed E-state index contributed by atoms with van der Waals surface area (Å²) in [5.41, 5.74) is 0. The highest BCUT2D eigenvalue weighted by molar-refractivity contribution is 5.97. The van der Waals surface area contributed by atoms with Crippen molar-refractivity contribution in [3.8, 4) is 0 Å². The Bertz CT molecular complexity index is 369. The van der Waals surface area contributed by atoms with Crippen LogP contribution in [0.3, 0.4) is 0 Å². The molecule has 0 saturated carbocycles. The van der Waals surface area contributed by atoms with E-state index in [1.54, 1.807) is 12.2 Å². The molecule has 1 heterocycles. The van der Waals surface area contributed by atoms with E-state index in [1.165, 1.54) is 14.7 Å². The van der Waals surface area contributed by atoms with Crippen molar-refractivity contribution in [1.29, 1.82) is 0 Å². The lowest BCUT2D eigenvalue weighted by molar-refractivity contribution is 0.112. The van der Waals surface area contributed by atoms with Crippen molar-refractivity contribution in [3.05, 3.63) is 37.7 Å². The van der Waals surface area contributed by atoms with E-state index in [4.69, 9.17) is 0 Å². The summed E-state index contributed by atoms with van der Waals surface area (Å²) in [5.74, 6) is 0.439. The van der Waals surface area contributed by atoms with Crippen molar-refractivity contribution >= 4 is 12.1 Å². The Kier molecular flexibility index (Phi) is 5.36. The lowest BCUT2D eigenvalue weighted by atomic mass is 10.3. The molecule has 5 nitrogen and oxygen atoms in total. The SMILES string of the molecule is C=CCCN1C(=C)N(CC)C(=O)N(CCC=C)C1=O. The molecule has 1 aliphatic rings. The third-order valence-electron chi connectivity index (χ3n) is 2.98. The monoisotopic (exact) mass is 263 g/mol. The lowest BCUT2D eigenvalue weighted by Gasteiger charge is -2.41. The van der Waals surface area contributed by atoms with E-state index in [0.29, 0.717) is 38.3 Å². The molecule has 0 atom stereocenters. The Morgan fingerprint density at radius 1 is 0.947 bits per heavy atom. The molecule has 0 unspecified atom stereocenters. The van der Waals surface area contributed by atoms with Crippen LogP contribution in [-0.2, 0) is 0 Å². The highest BCUT2D eigenvalue weighted by atomic mass is 16.2. The van der Waals surface area contributed by atoms with E-state index in [-0.39, 0.29) is 12.1 Å². The van der Waals surface area contributed by atoms with Gasteiger partial charge in [0.2, 0.25) is 0 Å². The number of hydrogen-bond acceptors (Lipinski definition) is 2. The summed E-state index contributed by atoms with van der Waals surface area (Å²) in [7, 11) is 0. The average molecular weight is 263 g/mol. The standard InChI is InChI=1S/C14H21N3O2/c1-5-8-10-16-12(4)15(7-3)13(18)17(14(16)19)11-9-6-2/h5-6H,1-2,4,7-11H2,3H3. The van der Waals surface area contributed by atoms with Crippen molar-refractivity contribution in [2.75, 3.05) is 19.6 Å². The zero-order valence-corrected chi connectivity index (χ0v) is 11.5. The van der Waals surface area contributed by atoms with E-state index in [0.717, 1.165) is 0 Å². The van der Waals surface area contributed by atoms with E-state index in [1.807, 2.05) is 6.92 Å². The summed E-state index contributed by atoms with van der Waals surface area (Å²) in [6, 6.07) is -0.627.